The zero-order chi connectivity index (χ0) is 22.8. The third kappa shape index (κ3) is 4.29. The van der Waals surface area contributed by atoms with Crippen molar-refractivity contribution in [2.24, 2.45) is 0 Å². The van der Waals surface area contributed by atoms with E-state index in [0.717, 1.165) is 56.5 Å². The zero-order valence-electron chi connectivity index (χ0n) is 18.8. The molecule has 10 nitrogen and oxygen atoms in total. The standard InChI is InChI=1S/C23H27N7O3/c1-31-17-6-5-16(14-19(17)32-2)7-8-28-9-11-29(12-10-28)20-15-21-25-22(18-4-3-13-33-18)27-30(21)23(24)26-20/h3-6,13-15H,7-12H2,1-2H3,(H2,24,26). The van der Waals surface area contributed by atoms with Gasteiger partial charge in [-0.3, -0.25) is 4.90 Å². The molecule has 10 heteroatoms. The Labute approximate surface area is 191 Å². The molecule has 0 aliphatic carbocycles. The van der Waals surface area contributed by atoms with Crippen molar-refractivity contribution in [2.45, 2.75) is 6.42 Å². The zero-order valence-corrected chi connectivity index (χ0v) is 18.8. The second-order valence-electron chi connectivity index (χ2n) is 7.92. The molecule has 1 saturated heterocycles. The minimum Gasteiger partial charge on any atom is -0.493 e. The number of anilines is 2. The summed E-state index contributed by atoms with van der Waals surface area (Å²) in [4.78, 5) is 13.8. The van der Waals surface area contributed by atoms with Gasteiger partial charge < -0.3 is 24.5 Å². The molecular weight excluding hydrogens is 422 g/mol. The minimum atomic E-state index is 0.309. The van der Waals surface area contributed by atoms with Crippen molar-refractivity contribution in [1.82, 2.24) is 24.5 Å². The van der Waals surface area contributed by atoms with E-state index in [-0.39, 0.29) is 0 Å². The molecule has 0 unspecified atom stereocenters. The van der Waals surface area contributed by atoms with Gasteiger partial charge in [0.05, 0.1) is 20.5 Å². The van der Waals surface area contributed by atoms with E-state index in [1.807, 2.05) is 24.3 Å². The molecule has 0 saturated carbocycles. The molecule has 1 fully saturated rings. The van der Waals surface area contributed by atoms with E-state index in [0.29, 0.717) is 23.2 Å². The molecule has 0 amide bonds. The Bertz CT molecular complexity index is 1230. The molecule has 0 radical (unpaired) electrons. The largest absolute Gasteiger partial charge is 0.493 e. The Hall–Kier alpha value is -3.79. The number of benzene rings is 1. The van der Waals surface area contributed by atoms with Gasteiger partial charge >= 0.3 is 0 Å². The Kier molecular flexibility index (Phi) is 5.74. The highest BCUT2D eigenvalue weighted by molar-refractivity contribution is 5.59. The first-order valence-electron chi connectivity index (χ1n) is 10.9. The lowest BCUT2D eigenvalue weighted by atomic mass is 10.1. The fraction of sp³-hybridized carbons (Fsp3) is 0.348. The van der Waals surface area contributed by atoms with Crippen molar-refractivity contribution >= 4 is 17.4 Å². The van der Waals surface area contributed by atoms with Crippen molar-refractivity contribution in [3.63, 3.8) is 0 Å². The number of ether oxygens (including phenoxy) is 2. The van der Waals surface area contributed by atoms with Gasteiger partial charge in [-0.2, -0.15) is 9.50 Å². The van der Waals surface area contributed by atoms with E-state index in [1.165, 1.54) is 5.56 Å². The molecule has 4 aromatic rings. The van der Waals surface area contributed by atoms with Gasteiger partial charge in [0.1, 0.15) is 5.82 Å². The fourth-order valence-electron chi connectivity index (χ4n) is 4.09. The average molecular weight is 450 g/mol. The summed E-state index contributed by atoms with van der Waals surface area (Å²) in [6.07, 6.45) is 2.55. The van der Waals surface area contributed by atoms with Crippen LogP contribution in [0, 0.1) is 0 Å². The number of nitrogens with zero attached hydrogens (tertiary/aromatic N) is 6. The van der Waals surface area contributed by atoms with Crippen LogP contribution in [0.2, 0.25) is 0 Å². The van der Waals surface area contributed by atoms with E-state index in [2.05, 4.69) is 30.9 Å². The van der Waals surface area contributed by atoms with Gasteiger partial charge in [-0.05, 0) is 36.2 Å². The van der Waals surface area contributed by atoms with Crippen LogP contribution in [0.3, 0.4) is 0 Å². The van der Waals surface area contributed by atoms with Gasteiger partial charge in [-0.1, -0.05) is 6.07 Å². The number of nitrogens with two attached hydrogens (primary N) is 1. The van der Waals surface area contributed by atoms with E-state index >= 15 is 0 Å². The van der Waals surface area contributed by atoms with Crippen LogP contribution in [-0.2, 0) is 6.42 Å². The highest BCUT2D eigenvalue weighted by Crippen LogP contribution is 2.28. The van der Waals surface area contributed by atoms with Crippen molar-refractivity contribution in [2.75, 3.05) is 57.6 Å². The molecule has 33 heavy (non-hydrogen) atoms. The second kappa shape index (κ2) is 8.99. The Morgan fingerprint density at radius 3 is 2.55 bits per heavy atom. The van der Waals surface area contributed by atoms with E-state index in [4.69, 9.17) is 19.6 Å². The van der Waals surface area contributed by atoms with Crippen molar-refractivity contribution in [3.8, 4) is 23.1 Å². The van der Waals surface area contributed by atoms with Crippen LogP contribution in [0.1, 0.15) is 5.56 Å². The van der Waals surface area contributed by atoms with Crippen LogP contribution in [0.4, 0.5) is 11.8 Å². The lowest BCUT2D eigenvalue weighted by Gasteiger charge is -2.35. The van der Waals surface area contributed by atoms with Crippen LogP contribution in [-0.4, -0.2) is 71.4 Å². The quantitative estimate of drug-likeness (QED) is 0.455. The average Bonchev–Trinajstić information content (AvgIpc) is 3.53. The third-order valence-corrected chi connectivity index (χ3v) is 5.94. The fourth-order valence-corrected chi connectivity index (χ4v) is 4.09. The first kappa shape index (κ1) is 21.1. The molecule has 172 valence electrons. The van der Waals surface area contributed by atoms with E-state index in [1.54, 1.807) is 31.1 Å². The number of furan rings is 1. The van der Waals surface area contributed by atoms with Crippen molar-refractivity contribution < 1.29 is 13.9 Å². The molecule has 1 aliphatic heterocycles. The molecule has 2 N–H and O–H groups in total. The molecule has 0 atom stereocenters. The maximum atomic E-state index is 6.18. The molecule has 1 aliphatic rings. The second-order valence-corrected chi connectivity index (χ2v) is 7.92. The van der Waals surface area contributed by atoms with Crippen LogP contribution < -0.4 is 20.1 Å². The van der Waals surface area contributed by atoms with Crippen molar-refractivity contribution in [1.29, 1.82) is 0 Å². The van der Waals surface area contributed by atoms with Gasteiger partial charge in [0.2, 0.25) is 11.8 Å². The van der Waals surface area contributed by atoms with Crippen molar-refractivity contribution in [3.05, 3.63) is 48.2 Å². The highest BCUT2D eigenvalue weighted by Gasteiger charge is 2.20. The third-order valence-electron chi connectivity index (χ3n) is 5.94. The van der Waals surface area contributed by atoms with E-state index in [9.17, 15) is 0 Å². The maximum absolute atomic E-state index is 6.18. The van der Waals surface area contributed by atoms with Gasteiger partial charge in [0.15, 0.2) is 22.9 Å². The van der Waals surface area contributed by atoms with Crippen LogP contribution in [0.25, 0.3) is 17.2 Å². The molecular formula is C23H27N7O3. The minimum absolute atomic E-state index is 0.309. The Morgan fingerprint density at radius 1 is 1.00 bits per heavy atom. The first-order valence-corrected chi connectivity index (χ1v) is 10.9. The molecule has 4 heterocycles. The number of rotatable bonds is 7. The first-order chi connectivity index (χ1) is 16.1. The molecule has 1 aromatic carbocycles. The summed E-state index contributed by atoms with van der Waals surface area (Å²) in [5, 5.41) is 4.41. The SMILES string of the molecule is COc1ccc(CCN2CCN(c3cc4nc(-c5ccco5)nn4c(N)n3)CC2)cc1OC. The number of hydrogen-bond acceptors (Lipinski definition) is 9. The van der Waals surface area contributed by atoms with Crippen LogP contribution in [0.15, 0.2) is 47.1 Å². The molecule has 0 spiro atoms. The predicted molar refractivity (Wildman–Crippen MR) is 125 cm³/mol. The summed E-state index contributed by atoms with van der Waals surface area (Å²) in [6.45, 7) is 4.62. The normalized spacial score (nSPS) is 14.7. The lowest BCUT2D eigenvalue weighted by molar-refractivity contribution is 0.260. The molecule has 5 rings (SSSR count). The van der Waals surface area contributed by atoms with Gasteiger partial charge in [-0.15, -0.1) is 5.10 Å². The summed E-state index contributed by atoms with van der Waals surface area (Å²) >= 11 is 0. The van der Waals surface area contributed by atoms with Gasteiger partial charge in [0.25, 0.3) is 0 Å². The predicted octanol–water partition coefficient (Wildman–Crippen LogP) is 2.35. The topological polar surface area (TPSA) is 107 Å². The number of nitrogen functional groups attached to an aromatic ring is 1. The van der Waals surface area contributed by atoms with E-state index < -0.39 is 0 Å². The summed E-state index contributed by atoms with van der Waals surface area (Å²) in [5.41, 5.74) is 8.06. The number of methoxy groups -OCH3 is 2. The van der Waals surface area contributed by atoms with Crippen LogP contribution >= 0.6 is 0 Å². The number of piperazine rings is 1. The van der Waals surface area contributed by atoms with Gasteiger partial charge in [0, 0.05) is 38.8 Å². The summed E-state index contributed by atoms with van der Waals surface area (Å²) in [7, 11) is 3.31. The Morgan fingerprint density at radius 2 is 1.82 bits per heavy atom. The van der Waals surface area contributed by atoms with Crippen LogP contribution in [0.5, 0.6) is 11.5 Å². The highest BCUT2D eigenvalue weighted by atomic mass is 16.5. The summed E-state index contributed by atoms with van der Waals surface area (Å²) in [6, 6.07) is 11.6. The number of aromatic nitrogens is 4. The summed E-state index contributed by atoms with van der Waals surface area (Å²) in [5.74, 6) is 3.74. The Balaban J connectivity index is 1.22. The smallest absolute Gasteiger partial charge is 0.225 e. The maximum Gasteiger partial charge on any atom is 0.225 e. The number of hydrogen-bond donors (Lipinski definition) is 1. The molecule has 3 aromatic heterocycles. The lowest BCUT2D eigenvalue weighted by Crippen LogP contribution is -2.47. The number of fused-ring (bicyclic) bond motifs is 1. The monoisotopic (exact) mass is 449 g/mol. The van der Waals surface area contributed by atoms with Gasteiger partial charge in [-0.25, -0.2) is 4.98 Å². The summed E-state index contributed by atoms with van der Waals surface area (Å²) < 4.78 is 17.7. The molecule has 0 bridgehead atoms.